The number of rotatable bonds is 0. The van der Waals surface area contributed by atoms with Crippen LogP contribution < -0.4 is 10.6 Å². The molecule has 2 nitrogen and oxygen atoms in total. The first-order valence-corrected chi connectivity index (χ1v) is 3.64. The van der Waals surface area contributed by atoms with E-state index in [4.69, 9.17) is 0 Å². The lowest BCUT2D eigenvalue weighted by Crippen LogP contribution is -2.28. The van der Waals surface area contributed by atoms with Crippen LogP contribution in [0, 0.1) is 0 Å². The highest BCUT2D eigenvalue weighted by Crippen LogP contribution is 2.14. The molecule has 0 aromatic heterocycles. The summed E-state index contributed by atoms with van der Waals surface area (Å²) >= 11 is 0. The van der Waals surface area contributed by atoms with E-state index < -0.39 is 0 Å². The van der Waals surface area contributed by atoms with Gasteiger partial charge >= 0.3 is 0 Å². The highest BCUT2D eigenvalue weighted by Gasteiger charge is 2.21. The summed E-state index contributed by atoms with van der Waals surface area (Å²) in [5.41, 5.74) is 1.38. The Labute approximate surface area is 56.3 Å². The Kier molecular flexibility index (Phi) is 1.98. The summed E-state index contributed by atoms with van der Waals surface area (Å²) in [5.74, 6) is 0. The first-order valence-electron chi connectivity index (χ1n) is 3.64. The maximum Gasteiger partial charge on any atom is 0.0484 e. The molecule has 1 saturated heterocycles. The lowest BCUT2D eigenvalue weighted by atomic mass is 10.3. The van der Waals surface area contributed by atoms with Crippen LogP contribution in [0.4, 0.5) is 0 Å². The zero-order valence-electron chi connectivity index (χ0n) is 6.07. The largest absolute Gasteiger partial charge is 0.385 e. The van der Waals surface area contributed by atoms with Gasteiger partial charge in [-0.15, -0.1) is 0 Å². The van der Waals surface area contributed by atoms with Crippen molar-refractivity contribution in [3.8, 4) is 0 Å². The van der Waals surface area contributed by atoms with Crippen molar-refractivity contribution in [1.29, 1.82) is 0 Å². The molecule has 2 N–H and O–H groups in total. The Bertz CT molecular complexity index is 118. The van der Waals surface area contributed by atoms with Crippen molar-refractivity contribution in [2.24, 2.45) is 0 Å². The molecule has 0 amide bonds. The van der Waals surface area contributed by atoms with Crippen LogP contribution in [0.1, 0.15) is 20.3 Å². The van der Waals surface area contributed by atoms with Gasteiger partial charge in [0.15, 0.2) is 0 Å². The smallest absolute Gasteiger partial charge is 0.0484 e. The van der Waals surface area contributed by atoms with E-state index in [1.807, 2.05) is 13.8 Å². The molecule has 1 unspecified atom stereocenters. The van der Waals surface area contributed by atoms with Crippen LogP contribution >= 0.6 is 0 Å². The molecule has 0 aromatic carbocycles. The fourth-order valence-corrected chi connectivity index (χ4v) is 1.11. The van der Waals surface area contributed by atoms with Crippen molar-refractivity contribution in [2.75, 3.05) is 6.54 Å². The van der Waals surface area contributed by atoms with Gasteiger partial charge in [-0.1, -0.05) is 13.8 Å². The molecule has 0 saturated carbocycles. The summed E-state index contributed by atoms with van der Waals surface area (Å²) in [6.45, 7) is 5.13. The molecule has 52 valence electrons. The Balaban J connectivity index is 0.000000186. The molecular formula is C7H14N2. The molecule has 2 aliphatic rings. The minimum atomic E-state index is 0.718. The molecule has 1 fully saturated rings. The normalized spacial score (nSPS) is 27.3. The van der Waals surface area contributed by atoms with Crippen LogP contribution in [0.5, 0.6) is 0 Å². The monoisotopic (exact) mass is 126 g/mol. The van der Waals surface area contributed by atoms with Gasteiger partial charge in [0.2, 0.25) is 0 Å². The highest BCUT2D eigenvalue weighted by atomic mass is 15.1. The van der Waals surface area contributed by atoms with Crippen molar-refractivity contribution >= 4 is 0 Å². The SMILES string of the molecule is C1=C2CC(CN2)N1.CC. The number of nitrogens with one attached hydrogen (secondary N) is 2. The Morgan fingerprint density at radius 1 is 1.56 bits per heavy atom. The second kappa shape index (κ2) is 2.76. The van der Waals surface area contributed by atoms with Crippen molar-refractivity contribution in [2.45, 2.75) is 26.3 Å². The molecule has 9 heavy (non-hydrogen) atoms. The fraction of sp³-hybridized carbons (Fsp3) is 0.714. The lowest BCUT2D eigenvalue weighted by Gasteiger charge is -2.05. The molecule has 2 bridgehead atoms. The van der Waals surface area contributed by atoms with E-state index in [1.165, 1.54) is 12.1 Å². The Morgan fingerprint density at radius 3 is 2.44 bits per heavy atom. The van der Waals surface area contributed by atoms with Crippen LogP contribution in [0.25, 0.3) is 0 Å². The van der Waals surface area contributed by atoms with Gasteiger partial charge < -0.3 is 10.6 Å². The van der Waals surface area contributed by atoms with Gasteiger partial charge in [-0.05, 0) is 0 Å². The number of hydrogen-bond donors (Lipinski definition) is 2. The molecule has 2 aliphatic heterocycles. The maximum atomic E-state index is 3.25. The third kappa shape index (κ3) is 1.18. The van der Waals surface area contributed by atoms with Crippen LogP contribution in [-0.4, -0.2) is 12.6 Å². The summed E-state index contributed by atoms with van der Waals surface area (Å²) in [4.78, 5) is 0. The van der Waals surface area contributed by atoms with Crippen molar-refractivity contribution in [3.05, 3.63) is 11.9 Å². The summed E-state index contributed by atoms with van der Waals surface area (Å²) in [6.07, 6.45) is 3.29. The van der Waals surface area contributed by atoms with E-state index in [-0.39, 0.29) is 0 Å². The average Bonchev–Trinajstić information content (AvgIpc) is 2.53. The van der Waals surface area contributed by atoms with E-state index in [0.29, 0.717) is 0 Å². The van der Waals surface area contributed by atoms with Gasteiger partial charge in [-0.2, -0.15) is 0 Å². The van der Waals surface area contributed by atoms with Gasteiger partial charge in [0, 0.05) is 30.9 Å². The predicted molar refractivity (Wildman–Crippen MR) is 39.0 cm³/mol. The van der Waals surface area contributed by atoms with E-state index in [9.17, 15) is 0 Å². The van der Waals surface area contributed by atoms with Crippen LogP contribution in [-0.2, 0) is 0 Å². The quantitative estimate of drug-likeness (QED) is 0.502. The second-order valence-electron chi connectivity index (χ2n) is 2.12. The van der Waals surface area contributed by atoms with E-state index in [2.05, 4.69) is 16.8 Å². The second-order valence-corrected chi connectivity index (χ2v) is 2.12. The number of hydrogen-bond acceptors (Lipinski definition) is 2. The first-order chi connectivity index (χ1) is 4.45. The zero-order valence-corrected chi connectivity index (χ0v) is 6.07. The summed E-state index contributed by atoms with van der Waals surface area (Å²) in [5, 5.41) is 6.49. The Hall–Kier alpha value is -0.660. The summed E-state index contributed by atoms with van der Waals surface area (Å²) in [7, 11) is 0. The molecule has 2 rings (SSSR count). The van der Waals surface area contributed by atoms with Crippen molar-refractivity contribution < 1.29 is 0 Å². The summed E-state index contributed by atoms with van der Waals surface area (Å²) < 4.78 is 0. The third-order valence-electron chi connectivity index (χ3n) is 1.54. The maximum absolute atomic E-state index is 3.25. The van der Waals surface area contributed by atoms with Gasteiger partial charge in [0.25, 0.3) is 0 Å². The molecule has 1 atom stereocenters. The highest BCUT2D eigenvalue weighted by molar-refractivity contribution is 5.15. The first kappa shape index (κ1) is 6.46. The number of fused-ring (bicyclic) bond motifs is 2. The van der Waals surface area contributed by atoms with Gasteiger partial charge in [-0.25, -0.2) is 0 Å². The van der Waals surface area contributed by atoms with Crippen LogP contribution in [0.15, 0.2) is 11.9 Å². The zero-order chi connectivity index (χ0) is 6.69. The van der Waals surface area contributed by atoms with E-state index in [0.717, 1.165) is 12.6 Å². The molecule has 0 aromatic rings. The Morgan fingerprint density at radius 2 is 2.33 bits per heavy atom. The van der Waals surface area contributed by atoms with Crippen molar-refractivity contribution in [1.82, 2.24) is 10.6 Å². The molecule has 2 heteroatoms. The fourth-order valence-electron chi connectivity index (χ4n) is 1.11. The van der Waals surface area contributed by atoms with Gasteiger partial charge in [0.1, 0.15) is 0 Å². The molecule has 0 radical (unpaired) electrons. The van der Waals surface area contributed by atoms with E-state index >= 15 is 0 Å². The molecule has 0 aliphatic carbocycles. The average molecular weight is 126 g/mol. The van der Waals surface area contributed by atoms with E-state index in [1.54, 1.807) is 0 Å². The van der Waals surface area contributed by atoms with Crippen LogP contribution in [0.2, 0.25) is 0 Å². The minimum absolute atomic E-state index is 0.718. The third-order valence-corrected chi connectivity index (χ3v) is 1.54. The topological polar surface area (TPSA) is 24.1 Å². The van der Waals surface area contributed by atoms with Gasteiger partial charge in [0.05, 0.1) is 0 Å². The predicted octanol–water partition coefficient (Wildman–Crippen LogP) is 0.819. The van der Waals surface area contributed by atoms with Crippen molar-refractivity contribution in [3.63, 3.8) is 0 Å². The standard InChI is InChI=1S/C5H8N2.C2H6/c1-4-2-6-5(1)3-7-4;1-2/h2,5-7H,1,3H2;1-2H3. The van der Waals surface area contributed by atoms with Gasteiger partial charge in [-0.3, -0.25) is 0 Å². The van der Waals surface area contributed by atoms with Crippen LogP contribution in [0.3, 0.4) is 0 Å². The minimum Gasteiger partial charge on any atom is -0.385 e. The lowest BCUT2D eigenvalue weighted by molar-refractivity contribution is 0.646. The molecular weight excluding hydrogens is 112 g/mol. The summed E-state index contributed by atoms with van der Waals surface area (Å²) in [6, 6.07) is 0.718. The molecule has 0 spiro atoms. The molecule has 2 heterocycles.